The predicted molar refractivity (Wildman–Crippen MR) is 102 cm³/mol. The summed E-state index contributed by atoms with van der Waals surface area (Å²) in [5.74, 6) is -1.22. The molecule has 6 nitrogen and oxygen atoms in total. The minimum atomic E-state index is -0.616. The standard InChI is InChI=1S/C20H24N2O4/c1-5-21(6-2)15-10-12-16(13-11-15)22-14-8-7-9-17(19(23)25-3)18(22)20(24)26-4/h7-14H,5-6H2,1-4H3. The molecule has 1 heterocycles. The zero-order valence-electron chi connectivity index (χ0n) is 15.6. The van der Waals surface area contributed by atoms with Crippen molar-refractivity contribution in [2.75, 3.05) is 37.1 Å². The highest BCUT2D eigenvalue weighted by Gasteiger charge is 2.27. The second-order valence-electron chi connectivity index (χ2n) is 5.50. The first-order chi connectivity index (χ1) is 12.6. The fourth-order valence-electron chi connectivity index (χ4n) is 2.78. The summed E-state index contributed by atoms with van der Waals surface area (Å²) in [4.78, 5) is 28.4. The molecule has 0 saturated carbocycles. The van der Waals surface area contributed by atoms with E-state index in [0.29, 0.717) is 0 Å². The molecule has 0 N–H and O–H groups in total. The van der Waals surface area contributed by atoms with Crippen LogP contribution in [0.3, 0.4) is 0 Å². The smallest absolute Gasteiger partial charge is 0.355 e. The molecular formula is C20H24N2O4. The van der Waals surface area contributed by atoms with Crippen LogP contribution in [0.15, 0.2) is 60.0 Å². The Hall–Kier alpha value is -3.02. The van der Waals surface area contributed by atoms with Crippen LogP contribution in [-0.4, -0.2) is 39.2 Å². The van der Waals surface area contributed by atoms with Crippen molar-refractivity contribution in [1.82, 2.24) is 0 Å². The van der Waals surface area contributed by atoms with Gasteiger partial charge in [-0.2, -0.15) is 0 Å². The van der Waals surface area contributed by atoms with Gasteiger partial charge in [-0.1, -0.05) is 6.08 Å². The monoisotopic (exact) mass is 356 g/mol. The molecular weight excluding hydrogens is 332 g/mol. The molecule has 1 aromatic carbocycles. The zero-order valence-corrected chi connectivity index (χ0v) is 15.6. The largest absolute Gasteiger partial charge is 0.465 e. The van der Waals surface area contributed by atoms with Gasteiger partial charge in [-0.3, -0.25) is 0 Å². The normalized spacial score (nSPS) is 13.5. The highest BCUT2D eigenvalue weighted by molar-refractivity contribution is 6.05. The maximum Gasteiger partial charge on any atom is 0.355 e. The maximum absolute atomic E-state index is 12.4. The summed E-state index contributed by atoms with van der Waals surface area (Å²) < 4.78 is 9.71. The Kier molecular flexibility index (Phi) is 6.60. The topological polar surface area (TPSA) is 59.1 Å². The van der Waals surface area contributed by atoms with E-state index < -0.39 is 11.9 Å². The minimum absolute atomic E-state index is 0.111. The third kappa shape index (κ3) is 3.96. The van der Waals surface area contributed by atoms with Crippen molar-refractivity contribution in [2.24, 2.45) is 0 Å². The Labute approximate surface area is 154 Å². The quantitative estimate of drug-likeness (QED) is 0.730. The molecule has 1 aliphatic rings. The molecule has 1 aromatic rings. The molecule has 0 atom stereocenters. The first-order valence-electron chi connectivity index (χ1n) is 8.47. The molecule has 0 saturated heterocycles. The van der Waals surface area contributed by atoms with Crippen LogP contribution in [0.4, 0.5) is 11.4 Å². The average molecular weight is 356 g/mol. The highest BCUT2D eigenvalue weighted by Crippen LogP contribution is 2.28. The average Bonchev–Trinajstić information content (AvgIpc) is 2.91. The first kappa shape index (κ1) is 19.3. The SMILES string of the molecule is CCN(CC)c1ccc(N2C=CC=CC(C(=O)OC)=C2C(=O)OC)cc1. The lowest BCUT2D eigenvalue weighted by molar-refractivity contribution is -0.139. The van der Waals surface area contributed by atoms with Crippen LogP contribution in [-0.2, 0) is 19.1 Å². The van der Waals surface area contributed by atoms with Crippen LogP contribution in [0.25, 0.3) is 0 Å². The van der Waals surface area contributed by atoms with Gasteiger partial charge in [0.05, 0.1) is 19.8 Å². The van der Waals surface area contributed by atoms with E-state index in [4.69, 9.17) is 9.47 Å². The van der Waals surface area contributed by atoms with Crippen LogP contribution in [0.1, 0.15) is 13.8 Å². The summed E-state index contributed by atoms with van der Waals surface area (Å²) in [7, 11) is 2.56. The molecule has 2 rings (SSSR count). The van der Waals surface area contributed by atoms with E-state index in [1.807, 2.05) is 24.3 Å². The maximum atomic E-state index is 12.4. The van der Waals surface area contributed by atoms with E-state index in [0.717, 1.165) is 24.5 Å². The van der Waals surface area contributed by atoms with Crippen LogP contribution >= 0.6 is 0 Å². The summed E-state index contributed by atoms with van der Waals surface area (Å²) in [6.07, 6.45) is 6.68. The molecule has 0 unspecified atom stereocenters. The van der Waals surface area contributed by atoms with Gasteiger partial charge in [-0.15, -0.1) is 0 Å². The molecule has 138 valence electrons. The van der Waals surface area contributed by atoms with Crippen LogP contribution in [0.5, 0.6) is 0 Å². The molecule has 1 aliphatic heterocycles. The molecule has 0 amide bonds. The number of esters is 2. The third-order valence-corrected chi connectivity index (χ3v) is 4.15. The summed E-state index contributed by atoms with van der Waals surface area (Å²) in [6, 6.07) is 7.78. The number of nitrogens with zero attached hydrogens (tertiary/aromatic N) is 2. The molecule has 0 fully saturated rings. The van der Waals surface area contributed by atoms with Crippen molar-refractivity contribution in [2.45, 2.75) is 13.8 Å². The lowest BCUT2D eigenvalue weighted by Crippen LogP contribution is -2.27. The molecule has 0 aromatic heterocycles. The second kappa shape index (κ2) is 8.89. The van der Waals surface area contributed by atoms with Crippen molar-refractivity contribution in [3.05, 3.63) is 60.0 Å². The van der Waals surface area contributed by atoms with E-state index >= 15 is 0 Å². The van der Waals surface area contributed by atoms with Gasteiger partial charge in [0.15, 0.2) is 0 Å². The van der Waals surface area contributed by atoms with E-state index in [1.165, 1.54) is 14.2 Å². The second-order valence-corrected chi connectivity index (χ2v) is 5.50. The number of carbonyl (C=O) groups excluding carboxylic acids is 2. The fraction of sp³-hybridized carbons (Fsp3) is 0.300. The molecule has 0 spiro atoms. The van der Waals surface area contributed by atoms with E-state index in [-0.39, 0.29) is 11.3 Å². The molecule has 26 heavy (non-hydrogen) atoms. The van der Waals surface area contributed by atoms with Gasteiger partial charge in [0, 0.05) is 30.7 Å². The Balaban J connectivity index is 2.51. The van der Waals surface area contributed by atoms with Crippen molar-refractivity contribution in [1.29, 1.82) is 0 Å². The number of carbonyl (C=O) groups is 2. The number of hydrogen-bond donors (Lipinski definition) is 0. The van der Waals surface area contributed by atoms with Gasteiger partial charge in [0.2, 0.25) is 0 Å². The fourth-order valence-corrected chi connectivity index (χ4v) is 2.78. The van der Waals surface area contributed by atoms with Gasteiger partial charge in [0.25, 0.3) is 0 Å². The van der Waals surface area contributed by atoms with E-state index in [9.17, 15) is 9.59 Å². The Morgan fingerprint density at radius 2 is 1.58 bits per heavy atom. The number of anilines is 2. The van der Waals surface area contributed by atoms with Gasteiger partial charge >= 0.3 is 11.9 Å². The Bertz CT molecular complexity index is 744. The summed E-state index contributed by atoms with van der Waals surface area (Å²) in [6.45, 7) is 6.01. The van der Waals surface area contributed by atoms with Gasteiger partial charge in [0.1, 0.15) is 5.70 Å². The van der Waals surface area contributed by atoms with Crippen molar-refractivity contribution in [3.8, 4) is 0 Å². The Morgan fingerprint density at radius 1 is 0.962 bits per heavy atom. The predicted octanol–water partition coefficient (Wildman–Crippen LogP) is 3.02. The number of benzene rings is 1. The van der Waals surface area contributed by atoms with Crippen LogP contribution < -0.4 is 9.80 Å². The Morgan fingerprint density at radius 3 is 2.12 bits per heavy atom. The molecule has 0 bridgehead atoms. The summed E-state index contributed by atoms with van der Waals surface area (Å²) >= 11 is 0. The van der Waals surface area contributed by atoms with Crippen molar-refractivity contribution in [3.63, 3.8) is 0 Å². The number of allylic oxidation sites excluding steroid dienone is 2. The number of hydrogen-bond acceptors (Lipinski definition) is 6. The first-order valence-corrected chi connectivity index (χ1v) is 8.47. The lowest BCUT2D eigenvalue weighted by atomic mass is 10.1. The molecule has 0 radical (unpaired) electrons. The number of ether oxygens (including phenoxy) is 2. The number of rotatable bonds is 6. The third-order valence-electron chi connectivity index (χ3n) is 4.15. The van der Waals surface area contributed by atoms with E-state index in [1.54, 1.807) is 29.3 Å². The summed E-state index contributed by atoms with van der Waals surface area (Å²) in [5, 5.41) is 0. The van der Waals surface area contributed by atoms with Crippen molar-refractivity contribution < 1.29 is 19.1 Å². The van der Waals surface area contributed by atoms with Crippen LogP contribution in [0.2, 0.25) is 0 Å². The van der Waals surface area contributed by atoms with Gasteiger partial charge < -0.3 is 19.3 Å². The van der Waals surface area contributed by atoms with Gasteiger partial charge in [-0.05, 0) is 50.3 Å². The zero-order chi connectivity index (χ0) is 19.1. The molecule has 6 heteroatoms. The van der Waals surface area contributed by atoms with E-state index in [2.05, 4.69) is 18.7 Å². The number of methoxy groups -OCH3 is 2. The van der Waals surface area contributed by atoms with Crippen LogP contribution in [0, 0.1) is 0 Å². The minimum Gasteiger partial charge on any atom is -0.465 e. The lowest BCUT2D eigenvalue weighted by Gasteiger charge is -2.25. The molecule has 0 aliphatic carbocycles. The highest BCUT2D eigenvalue weighted by atomic mass is 16.5. The van der Waals surface area contributed by atoms with Crippen molar-refractivity contribution >= 4 is 23.3 Å². The summed E-state index contributed by atoms with van der Waals surface area (Å²) in [5.41, 5.74) is 2.08. The van der Waals surface area contributed by atoms with Gasteiger partial charge in [-0.25, -0.2) is 9.59 Å².